The van der Waals surface area contributed by atoms with E-state index in [2.05, 4.69) is 5.32 Å². The van der Waals surface area contributed by atoms with Gasteiger partial charge in [-0.2, -0.15) is 13.2 Å². The van der Waals surface area contributed by atoms with Crippen LogP contribution in [0.4, 0.5) is 13.2 Å². The van der Waals surface area contributed by atoms with Crippen molar-refractivity contribution in [1.29, 1.82) is 0 Å². The zero-order valence-corrected chi connectivity index (χ0v) is 10.2. The molecule has 1 aromatic carbocycles. The molecule has 96 valence electrons. The molecule has 1 N–H and O–H groups in total. The van der Waals surface area contributed by atoms with Gasteiger partial charge in [0, 0.05) is 5.02 Å². The van der Waals surface area contributed by atoms with Crippen LogP contribution in [0.3, 0.4) is 0 Å². The number of ether oxygens (including phenoxy) is 1. The topological polar surface area (TPSA) is 21.3 Å². The van der Waals surface area contributed by atoms with Crippen LogP contribution in [0.5, 0.6) is 5.75 Å². The monoisotopic (exact) mass is 267 g/mol. The second-order valence-corrected chi connectivity index (χ2v) is 3.83. The highest BCUT2D eigenvalue weighted by molar-refractivity contribution is 6.31. The molecule has 0 heterocycles. The van der Waals surface area contributed by atoms with Gasteiger partial charge in [-0.15, -0.1) is 0 Å². The first-order valence-corrected chi connectivity index (χ1v) is 5.41. The Labute approximate surface area is 103 Å². The smallest absolute Gasteiger partial charge is 0.407 e. The maximum atomic E-state index is 12.8. The quantitative estimate of drug-likeness (QED) is 0.901. The van der Waals surface area contributed by atoms with Gasteiger partial charge >= 0.3 is 6.18 Å². The number of hydrogen-bond donors (Lipinski definition) is 1. The van der Waals surface area contributed by atoms with Gasteiger partial charge in [0.25, 0.3) is 0 Å². The van der Waals surface area contributed by atoms with Crippen LogP contribution in [0.2, 0.25) is 5.02 Å². The van der Waals surface area contributed by atoms with Crippen molar-refractivity contribution in [2.24, 2.45) is 0 Å². The number of alkyl halides is 3. The maximum Gasteiger partial charge on any atom is 0.407 e. The zero-order chi connectivity index (χ0) is 13.1. The van der Waals surface area contributed by atoms with Crippen LogP contribution < -0.4 is 10.1 Å². The fourth-order valence-electron chi connectivity index (χ4n) is 1.48. The molecule has 0 amide bonds. The molecule has 17 heavy (non-hydrogen) atoms. The minimum absolute atomic E-state index is 0.00168. The molecule has 0 aliphatic rings. The number of halogens is 4. The van der Waals surface area contributed by atoms with E-state index in [9.17, 15) is 13.2 Å². The lowest BCUT2D eigenvalue weighted by Gasteiger charge is -2.22. The molecule has 6 heteroatoms. The molecular formula is C11H13ClF3NO. The Hall–Kier alpha value is -0.940. The van der Waals surface area contributed by atoms with E-state index >= 15 is 0 Å². The molecule has 1 unspecified atom stereocenters. The summed E-state index contributed by atoms with van der Waals surface area (Å²) in [6.07, 6.45) is -4.38. The summed E-state index contributed by atoms with van der Waals surface area (Å²) >= 11 is 5.82. The molecular weight excluding hydrogens is 255 g/mol. The zero-order valence-electron chi connectivity index (χ0n) is 9.44. The molecule has 1 atom stereocenters. The minimum atomic E-state index is -4.38. The Bertz CT molecular complexity index is 381. The second-order valence-electron chi connectivity index (χ2n) is 3.42. The lowest BCUT2D eigenvalue weighted by molar-refractivity contribution is -0.157. The predicted octanol–water partition coefficient (Wildman–Crippen LogP) is 3.56. The van der Waals surface area contributed by atoms with Crippen molar-refractivity contribution in [3.63, 3.8) is 0 Å². The van der Waals surface area contributed by atoms with Crippen LogP contribution in [0.25, 0.3) is 0 Å². The minimum Gasteiger partial charge on any atom is -0.497 e. The van der Waals surface area contributed by atoms with Gasteiger partial charge in [-0.25, -0.2) is 0 Å². The third-order valence-corrected chi connectivity index (χ3v) is 2.58. The molecule has 1 aromatic rings. The normalized spacial score (nSPS) is 13.5. The van der Waals surface area contributed by atoms with Crippen LogP contribution in [-0.2, 0) is 0 Å². The fourth-order valence-corrected chi connectivity index (χ4v) is 1.75. The van der Waals surface area contributed by atoms with Crippen molar-refractivity contribution >= 4 is 11.6 Å². The SMILES string of the molecule is CCNC(c1ccc(OC)cc1Cl)C(F)(F)F. The standard InChI is InChI=1S/C11H13ClF3NO/c1-3-16-10(11(13,14)15)8-5-4-7(17-2)6-9(8)12/h4-6,10,16H,3H2,1-2H3. The number of hydrogen-bond acceptors (Lipinski definition) is 2. The second kappa shape index (κ2) is 5.60. The molecule has 0 aliphatic carbocycles. The summed E-state index contributed by atoms with van der Waals surface area (Å²) in [4.78, 5) is 0. The first kappa shape index (κ1) is 14.1. The van der Waals surface area contributed by atoms with Crippen molar-refractivity contribution in [3.05, 3.63) is 28.8 Å². The summed E-state index contributed by atoms with van der Waals surface area (Å²) in [7, 11) is 1.43. The van der Waals surface area contributed by atoms with Crippen molar-refractivity contribution in [2.75, 3.05) is 13.7 Å². The molecule has 0 radical (unpaired) electrons. The first-order chi connectivity index (χ1) is 7.90. The Morgan fingerprint density at radius 2 is 2.06 bits per heavy atom. The average molecular weight is 268 g/mol. The largest absolute Gasteiger partial charge is 0.497 e. The van der Waals surface area contributed by atoms with Gasteiger partial charge in [0.15, 0.2) is 0 Å². The highest BCUT2D eigenvalue weighted by atomic mass is 35.5. The summed E-state index contributed by atoms with van der Waals surface area (Å²) in [6.45, 7) is 1.81. The molecule has 0 spiro atoms. The van der Waals surface area contributed by atoms with Crippen molar-refractivity contribution in [1.82, 2.24) is 5.32 Å². The molecule has 1 rings (SSSR count). The molecule has 0 fully saturated rings. The molecule has 0 bridgehead atoms. The van der Waals surface area contributed by atoms with Crippen LogP contribution in [0.1, 0.15) is 18.5 Å². The van der Waals surface area contributed by atoms with Gasteiger partial charge in [-0.05, 0) is 24.2 Å². The Balaban J connectivity index is 3.10. The predicted molar refractivity (Wildman–Crippen MR) is 60.5 cm³/mol. The van der Waals surface area contributed by atoms with E-state index in [1.807, 2.05) is 0 Å². The lowest BCUT2D eigenvalue weighted by atomic mass is 10.1. The van der Waals surface area contributed by atoms with E-state index in [4.69, 9.17) is 16.3 Å². The molecule has 0 saturated carbocycles. The third kappa shape index (κ3) is 3.51. The Morgan fingerprint density at radius 1 is 1.41 bits per heavy atom. The van der Waals surface area contributed by atoms with E-state index in [-0.39, 0.29) is 17.1 Å². The third-order valence-electron chi connectivity index (χ3n) is 2.25. The Kier molecular flexibility index (Phi) is 4.65. The maximum absolute atomic E-state index is 12.8. The molecule has 2 nitrogen and oxygen atoms in total. The van der Waals surface area contributed by atoms with E-state index < -0.39 is 12.2 Å². The summed E-state index contributed by atoms with van der Waals surface area (Å²) in [6, 6.07) is 2.39. The van der Waals surface area contributed by atoms with Crippen LogP contribution in [0, 0.1) is 0 Å². The van der Waals surface area contributed by atoms with Gasteiger partial charge < -0.3 is 10.1 Å². The van der Waals surface area contributed by atoms with Crippen LogP contribution in [-0.4, -0.2) is 19.8 Å². The van der Waals surface area contributed by atoms with Gasteiger partial charge in [-0.1, -0.05) is 24.6 Å². The van der Waals surface area contributed by atoms with Gasteiger partial charge in [0.1, 0.15) is 11.8 Å². The van der Waals surface area contributed by atoms with Gasteiger partial charge in [0.05, 0.1) is 7.11 Å². The van der Waals surface area contributed by atoms with Gasteiger partial charge in [-0.3, -0.25) is 0 Å². The molecule has 0 aromatic heterocycles. The van der Waals surface area contributed by atoms with Crippen LogP contribution >= 0.6 is 11.6 Å². The molecule has 0 saturated heterocycles. The molecule has 0 aliphatic heterocycles. The number of benzene rings is 1. The number of rotatable bonds is 4. The van der Waals surface area contributed by atoms with E-state index in [1.165, 1.54) is 25.3 Å². The summed E-state index contributed by atoms with van der Waals surface area (Å²) in [5, 5.41) is 2.40. The van der Waals surface area contributed by atoms with Gasteiger partial charge in [0.2, 0.25) is 0 Å². The van der Waals surface area contributed by atoms with Crippen molar-refractivity contribution in [3.8, 4) is 5.75 Å². The van der Waals surface area contributed by atoms with Crippen molar-refractivity contribution < 1.29 is 17.9 Å². The van der Waals surface area contributed by atoms with E-state index in [0.717, 1.165) is 0 Å². The number of nitrogens with one attached hydrogen (secondary N) is 1. The average Bonchev–Trinajstić information content (AvgIpc) is 2.25. The fraction of sp³-hybridized carbons (Fsp3) is 0.455. The van der Waals surface area contributed by atoms with E-state index in [1.54, 1.807) is 6.92 Å². The Morgan fingerprint density at radius 3 is 2.47 bits per heavy atom. The first-order valence-electron chi connectivity index (χ1n) is 5.03. The van der Waals surface area contributed by atoms with E-state index in [0.29, 0.717) is 5.75 Å². The highest BCUT2D eigenvalue weighted by Crippen LogP contribution is 2.37. The summed E-state index contributed by atoms with van der Waals surface area (Å²) in [5.74, 6) is 0.427. The summed E-state index contributed by atoms with van der Waals surface area (Å²) in [5.41, 5.74) is 0.00168. The van der Waals surface area contributed by atoms with Crippen molar-refractivity contribution in [2.45, 2.75) is 19.1 Å². The van der Waals surface area contributed by atoms with Crippen LogP contribution in [0.15, 0.2) is 18.2 Å². The highest BCUT2D eigenvalue weighted by Gasteiger charge is 2.41. The number of methoxy groups -OCH3 is 1. The summed E-state index contributed by atoms with van der Waals surface area (Å²) < 4.78 is 43.3. The lowest BCUT2D eigenvalue weighted by Crippen LogP contribution is -2.34.